The van der Waals surface area contributed by atoms with E-state index in [-0.39, 0.29) is 39.4 Å². The van der Waals surface area contributed by atoms with Gasteiger partial charge in [-0.1, -0.05) is 41.9 Å². The number of nitrogens with zero attached hydrogens (tertiary/aromatic N) is 2. The second kappa shape index (κ2) is 21.1. The Hall–Kier alpha value is -4.57. The van der Waals surface area contributed by atoms with Crippen molar-refractivity contribution < 1.29 is 48.4 Å². The lowest BCUT2D eigenvalue weighted by atomic mass is 9.88. The predicted octanol–water partition coefficient (Wildman–Crippen LogP) is 5.36. The first kappa shape index (κ1) is 44.1. The summed E-state index contributed by atoms with van der Waals surface area (Å²) in [4.78, 5) is 28.0. The Morgan fingerprint density at radius 2 is 1.64 bits per heavy atom. The molecule has 1 saturated heterocycles. The van der Waals surface area contributed by atoms with Crippen LogP contribution in [-0.2, 0) is 40.1 Å². The van der Waals surface area contributed by atoms with Crippen LogP contribution in [-0.4, -0.2) is 92.2 Å². The number of aliphatic hydroxyl groups is 2. The number of rotatable bonds is 18. The Bertz CT molecular complexity index is 2000. The van der Waals surface area contributed by atoms with Crippen molar-refractivity contribution in [3.8, 4) is 28.4 Å². The number of hydrogen-bond acceptors (Lipinski definition) is 11. The van der Waals surface area contributed by atoms with Crippen LogP contribution in [0.2, 0.25) is 5.02 Å². The van der Waals surface area contributed by atoms with E-state index in [9.17, 15) is 24.0 Å². The van der Waals surface area contributed by atoms with E-state index in [2.05, 4.69) is 28.9 Å². The number of carboxylic acid groups (broad SMARTS) is 2. The first-order valence-electron chi connectivity index (χ1n) is 18.1. The van der Waals surface area contributed by atoms with E-state index >= 15 is 0 Å². The molecule has 302 valence electrons. The first-order valence-corrected chi connectivity index (χ1v) is 20.0. The lowest BCUT2D eigenvalue weighted by molar-refractivity contribution is -0.150. The molecule has 13 nitrogen and oxygen atoms in total. The van der Waals surface area contributed by atoms with Gasteiger partial charge in [0.1, 0.15) is 35.9 Å². The second-order valence-electron chi connectivity index (χ2n) is 13.5. The third-order valence-corrected chi connectivity index (χ3v) is 10.8. The lowest BCUT2D eigenvalue weighted by Crippen LogP contribution is -2.38. The fourth-order valence-electron chi connectivity index (χ4n) is 6.28. The number of ether oxygens (including phenoxy) is 3. The zero-order valence-corrected chi connectivity index (χ0v) is 33.4. The van der Waals surface area contributed by atoms with Crippen LogP contribution in [0.25, 0.3) is 11.1 Å². The van der Waals surface area contributed by atoms with E-state index in [4.69, 9.17) is 41.8 Å². The summed E-state index contributed by atoms with van der Waals surface area (Å²) >= 11 is 6.61. The fourth-order valence-corrected chi connectivity index (χ4v) is 7.04. The highest BCUT2D eigenvalue weighted by atomic mass is 35.5. The van der Waals surface area contributed by atoms with Crippen LogP contribution in [0, 0.1) is 19.3 Å². The largest absolute Gasteiger partial charge is 0.493 e. The molecule has 6 N–H and O–H groups in total. The van der Waals surface area contributed by atoms with Crippen LogP contribution in [0.1, 0.15) is 47.1 Å². The summed E-state index contributed by atoms with van der Waals surface area (Å²) in [6, 6.07) is 17.5. The molecule has 0 bridgehead atoms. The minimum Gasteiger partial charge on any atom is -0.493 e. The van der Waals surface area contributed by atoms with Crippen LogP contribution >= 0.6 is 11.6 Å². The summed E-state index contributed by atoms with van der Waals surface area (Å²) < 4.78 is 30.4. The number of carboxylic acids is 2. The third kappa shape index (κ3) is 11.7. The van der Waals surface area contributed by atoms with Crippen LogP contribution in [0.15, 0.2) is 71.9 Å². The van der Waals surface area contributed by atoms with Crippen molar-refractivity contribution in [2.75, 3.05) is 45.7 Å². The molecule has 2 atom stereocenters. The van der Waals surface area contributed by atoms with Gasteiger partial charge in [0, 0.05) is 55.5 Å². The molecule has 1 fully saturated rings. The monoisotopic (exact) mass is 811 g/mol. The molecular weight excluding hydrogens is 762 g/mol. The highest BCUT2D eigenvalue weighted by Crippen LogP contribution is 2.36. The van der Waals surface area contributed by atoms with Gasteiger partial charge in [0.25, 0.3) is 0 Å². The number of carbonyl (C=O) groups is 2. The maximum Gasteiger partial charge on any atom is 0.313 e. The smallest absolute Gasteiger partial charge is 0.313 e. The van der Waals surface area contributed by atoms with Gasteiger partial charge < -0.3 is 45.3 Å². The molecule has 0 saturated carbocycles. The normalized spacial score (nSPS) is 15.8. The molecular formula is C41H50ClN3O10S. The molecule has 56 heavy (non-hydrogen) atoms. The van der Waals surface area contributed by atoms with Gasteiger partial charge in [0.2, 0.25) is 0 Å². The molecule has 0 radical (unpaired) electrons. The molecule has 5 rings (SSSR count). The standard InChI is InChI=1S/C38H44ClN3O7S.C3H6O3/c1-25-28(22-49-36-17-35(29(18-40)16-33(36)39)48-21-27-15-30(50(3)46)20-41-19-27)7-4-8-31(25)32-9-5-10-34(26(32)2)47-14-6-12-42-13-11-38(23-42,24-43)37(44)45;4-2-1-3(5)6/h4-5,7-10,15-17,19-20,43H,6,11-14,18,21-24,40H2,1-3H3,(H,44,45);4H,1-2H2,(H,5,6). The molecule has 0 amide bonds. The SMILES string of the molecule is Cc1c(COc2cc(OCc3cncc(S(C)=O)c3)c(CN)cc2Cl)cccc1-c1cccc(OCCCN2CCC(CO)(C(=O)O)C2)c1C.O=C(O)CCO. The van der Waals surface area contributed by atoms with E-state index in [1.54, 1.807) is 36.8 Å². The topological polar surface area (TPSA) is 202 Å². The molecule has 0 aliphatic carbocycles. The van der Waals surface area contributed by atoms with Gasteiger partial charge in [-0.25, -0.2) is 0 Å². The van der Waals surface area contributed by atoms with Crippen LogP contribution in [0.3, 0.4) is 0 Å². The molecule has 1 aliphatic rings. The number of likely N-dealkylation sites (tertiary alicyclic amines) is 1. The quantitative estimate of drug-likeness (QED) is 0.0805. The molecule has 4 aromatic rings. The Labute approximate surface area is 334 Å². The first-order chi connectivity index (χ1) is 26.8. The fraction of sp³-hybridized carbons (Fsp3) is 0.390. The Morgan fingerprint density at radius 3 is 2.27 bits per heavy atom. The third-order valence-electron chi connectivity index (χ3n) is 9.63. The Morgan fingerprint density at radius 1 is 0.929 bits per heavy atom. The van der Waals surface area contributed by atoms with Gasteiger partial charge in [0.15, 0.2) is 0 Å². The number of aliphatic carboxylic acids is 2. The molecule has 2 unspecified atom stereocenters. The predicted molar refractivity (Wildman–Crippen MR) is 214 cm³/mol. The molecule has 0 spiro atoms. The average Bonchev–Trinajstić information content (AvgIpc) is 3.62. The van der Waals surface area contributed by atoms with Crippen molar-refractivity contribution in [2.45, 2.75) is 57.8 Å². The minimum atomic E-state index is -1.15. The number of benzene rings is 3. The number of nitrogens with two attached hydrogens (primary N) is 1. The maximum atomic E-state index is 11.9. The van der Waals surface area contributed by atoms with Crippen molar-refractivity contribution in [1.82, 2.24) is 9.88 Å². The summed E-state index contributed by atoms with van der Waals surface area (Å²) in [6.45, 7) is 6.42. The molecule has 1 aromatic heterocycles. The highest BCUT2D eigenvalue weighted by molar-refractivity contribution is 7.84. The number of halogens is 1. The van der Waals surface area contributed by atoms with Crippen LogP contribution < -0.4 is 19.9 Å². The van der Waals surface area contributed by atoms with Crippen molar-refractivity contribution in [3.63, 3.8) is 0 Å². The number of pyridine rings is 1. The summed E-state index contributed by atoms with van der Waals surface area (Å²) in [6.07, 6.45) is 5.90. The number of hydrogen-bond donors (Lipinski definition) is 5. The minimum absolute atomic E-state index is 0.153. The molecule has 15 heteroatoms. The van der Waals surface area contributed by atoms with E-state index in [1.807, 2.05) is 31.2 Å². The molecule has 1 aliphatic heterocycles. The summed E-state index contributed by atoms with van der Waals surface area (Å²) in [5, 5.41) is 35.2. The number of aliphatic hydroxyl groups excluding tert-OH is 2. The number of aromatic nitrogens is 1. The van der Waals surface area contributed by atoms with Crippen molar-refractivity contribution in [1.29, 1.82) is 0 Å². The van der Waals surface area contributed by atoms with Crippen molar-refractivity contribution in [3.05, 3.63) is 99.8 Å². The van der Waals surface area contributed by atoms with Gasteiger partial charge in [-0.3, -0.25) is 18.8 Å². The van der Waals surface area contributed by atoms with E-state index in [0.29, 0.717) is 54.1 Å². The summed E-state index contributed by atoms with van der Waals surface area (Å²) in [7, 11) is -1.15. The van der Waals surface area contributed by atoms with E-state index in [0.717, 1.165) is 51.1 Å². The van der Waals surface area contributed by atoms with Gasteiger partial charge in [0.05, 0.1) is 47.0 Å². The average molecular weight is 812 g/mol. The van der Waals surface area contributed by atoms with Gasteiger partial charge in [-0.05, 0) is 79.3 Å². The van der Waals surface area contributed by atoms with Gasteiger partial charge in [-0.15, -0.1) is 0 Å². The summed E-state index contributed by atoms with van der Waals surface area (Å²) in [5.74, 6) is -0.0872. The molecule has 3 aromatic carbocycles. The van der Waals surface area contributed by atoms with Gasteiger partial charge >= 0.3 is 11.9 Å². The lowest BCUT2D eigenvalue weighted by Gasteiger charge is -2.22. The van der Waals surface area contributed by atoms with Crippen molar-refractivity contribution >= 4 is 34.3 Å². The van der Waals surface area contributed by atoms with Crippen LogP contribution in [0.5, 0.6) is 17.2 Å². The van der Waals surface area contributed by atoms with Gasteiger partial charge in [-0.2, -0.15) is 0 Å². The van der Waals surface area contributed by atoms with E-state index in [1.165, 1.54) is 0 Å². The molecule has 2 heterocycles. The zero-order chi connectivity index (χ0) is 40.8. The van der Waals surface area contributed by atoms with Crippen molar-refractivity contribution in [2.24, 2.45) is 11.1 Å². The Kier molecular flexibility index (Phi) is 16.6. The highest BCUT2D eigenvalue weighted by Gasteiger charge is 2.44. The zero-order valence-electron chi connectivity index (χ0n) is 31.8. The Balaban J connectivity index is 0.00000107. The summed E-state index contributed by atoms with van der Waals surface area (Å²) in [5.41, 5.74) is 11.7. The van der Waals surface area contributed by atoms with Crippen LogP contribution in [0.4, 0.5) is 0 Å². The second-order valence-corrected chi connectivity index (χ2v) is 15.3. The van der Waals surface area contributed by atoms with E-state index < -0.39 is 28.2 Å². The maximum absolute atomic E-state index is 11.9.